The van der Waals surface area contributed by atoms with Crippen LogP contribution in [0.25, 0.3) is 0 Å². The fourth-order valence-electron chi connectivity index (χ4n) is 4.06. The Labute approximate surface area is 171 Å². The molecule has 2 unspecified atom stereocenters. The molecular formula is C22H28N4O3. The molecule has 0 aliphatic carbocycles. The molecule has 0 radical (unpaired) electrons. The Kier molecular flexibility index (Phi) is 5.99. The summed E-state index contributed by atoms with van der Waals surface area (Å²) in [5.74, 6) is 1.53. The Morgan fingerprint density at radius 2 is 1.66 bits per heavy atom. The third-order valence-electron chi connectivity index (χ3n) is 5.78. The molecule has 0 aromatic heterocycles. The standard InChI is InChI=1S/C22H28N4O3/c1-28-17-9-7-16(8-10-17)19-15-21(24-23-19)25-11-13-26(14-12-25)22(27)18-5-3-4-6-20(18)29-2/h3-10,19,21,23-24H,11-15H2,1-2H3. The third kappa shape index (κ3) is 4.22. The molecule has 29 heavy (non-hydrogen) atoms. The van der Waals surface area contributed by atoms with Crippen LogP contribution in [0.1, 0.15) is 28.4 Å². The molecule has 0 spiro atoms. The van der Waals surface area contributed by atoms with Crippen molar-refractivity contribution in [2.24, 2.45) is 0 Å². The largest absolute Gasteiger partial charge is 0.497 e. The van der Waals surface area contributed by atoms with E-state index in [0.29, 0.717) is 24.4 Å². The first-order valence-electron chi connectivity index (χ1n) is 10.0. The lowest BCUT2D eigenvalue weighted by Gasteiger charge is -2.37. The molecule has 7 heteroatoms. The molecule has 2 fully saturated rings. The van der Waals surface area contributed by atoms with E-state index in [4.69, 9.17) is 9.47 Å². The first-order chi connectivity index (χ1) is 14.2. The zero-order valence-electron chi connectivity index (χ0n) is 16.9. The van der Waals surface area contributed by atoms with Crippen molar-refractivity contribution in [1.82, 2.24) is 20.7 Å². The molecule has 2 N–H and O–H groups in total. The van der Waals surface area contributed by atoms with E-state index < -0.39 is 0 Å². The van der Waals surface area contributed by atoms with E-state index in [0.717, 1.165) is 25.3 Å². The highest BCUT2D eigenvalue weighted by Crippen LogP contribution is 2.26. The summed E-state index contributed by atoms with van der Waals surface area (Å²) < 4.78 is 10.6. The van der Waals surface area contributed by atoms with Crippen LogP contribution in [0, 0.1) is 0 Å². The predicted molar refractivity (Wildman–Crippen MR) is 111 cm³/mol. The van der Waals surface area contributed by atoms with E-state index in [1.54, 1.807) is 14.2 Å². The number of benzene rings is 2. The average Bonchev–Trinajstić information content (AvgIpc) is 3.29. The van der Waals surface area contributed by atoms with Crippen LogP contribution >= 0.6 is 0 Å². The second-order valence-corrected chi connectivity index (χ2v) is 7.39. The number of methoxy groups -OCH3 is 2. The van der Waals surface area contributed by atoms with Gasteiger partial charge in [-0.1, -0.05) is 24.3 Å². The van der Waals surface area contributed by atoms with Gasteiger partial charge >= 0.3 is 0 Å². The van der Waals surface area contributed by atoms with Crippen LogP contribution in [0.2, 0.25) is 0 Å². The van der Waals surface area contributed by atoms with Crippen LogP contribution in [0.4, 0.5) is 0 Å². The van der Waals surface area contributed by atoms with Crippen LogP contribution in [-0.4, -0.2) is 62.3 Å². The van der Waals surface area contributed by atoms with Crippen LogP contribution in [0.15, 0.2) is 48.5 Å². The second-order valence-electron chi connectivity index (χ2n) is 7.39. The zero-order valence-corrected chi connectivity index (χ0v) is 16.9. The number of piperazine rings is 1. The normalized spacial score (nSPS) is 22.5. The maximum absolute atomic E-state index is 12.9. The van der Waals surface area contributed by atoms with E-state index in [1.807, 2.05) is 41.3 Å². The zero-order chi connectivity index (χ0) is 20.2. The van der Waals surface area contributed by atoms with E-state index in [2.05, 4.69) is 27.9 Å². The number of rotatable bonds is 5. The SMILES string of the molecule is COc1ccc(C2CC(N3CCN(C(=O)c4ccccc4OC)CC3)NN2)cc1. The summed E-state index contributed by atoms with van der Waals surface area (Å²) in [6.45, 7) is 3.11. The van der Waals surface area contributed by atoms with Gasteiger partial charge < -0.3 is 14.4 Å². The van der Waals surface area contributed by atoms with Crippen molar-refractivity contribution in [2.75, 3.05) is 40.4 Å². The Bertz CT molecular complexity index is 834. The molecule has 2 aromatic rings. The highest BCUT2D eigenvalue weighted by Gasteiger charge is 2.32. The Morgan fingerprint density at radius 3 is 2.34 bits per heavy atom. The second kappa shape index (κ2) is 8.82. The van der Waals surface area contributed by atoms with Crippen molar-refractivity contribution in [3.63, 3.8) is 0 Å². The lowest BCUT2D eigenvalue weighted by molar-refractivity contribution is 0.0542. The Hall–Kier alpha value is -2.61. The summed E-state index contributed by atoms with van der Waals surface area (Å²) in [6, 6.07) is 15.9. The minimum Gasteiger partial charge on any atom is -0.497 e. The summed E-state index contributed by atoms with van der Waals surface area (Å²) >= 11 is 0. The number of carbonyl (C=O) groups excluding carboxylic acids is 1. The summed E-state index contributed by atoms with van der Waals surface area (Å²) in [7, 11) is 3.28. The van der Waals surface area contributed by atoms with Gasteiger partial charge in [-0.2, -0.15) is 0 Å². The lowest BCUT2D eigenvalue weighted by atomic mass is 10.0. The van der Waals surface area contributed by atoms with E-state index >= 15 is 0 Å². The number of para-hydroxylation sites is 1. The van der Waals surface area contributed by atoms with Gasteiger partial charge in [0, 0.05) is 32.2 Å². The topological polar surface area (TPSA) is 66.1 Å². The minimum absolute atomic E-state index is 0.0377. The van der Waals surface area contributed by atoms with Gasteiger partial charge in [0.05, 0.1) is 25.9 Å². The third-order valence-corrected chi connectivity index (χ3v) is 5.78. The molecule has 2 aliphatic heterocycles. The number of ether oxygens (including phenoxy) is 2. The molecule has 4 rings (SSSR count). The Morgan fingerprint density at radius 1 is 0.931 bits per heavy atom. The van der Waals surface area contributed by atoms with Crippen molar-refractivity contribution in [3.8, 4) is 11.5 Å². The van der Waals surface area contributed by atoms with Gasteiger partial charge in [0.2, 0.25) is 0 Å². The van der Waals surface area contributed by atoms with Gasteiger partial charge in [0.15, 0.2) is 0 Å². The van der Waals surface area contributed by atoms with Gasteiger partial charge in [-0.15, -0.1) is 0 Å². The highest BCUT2D eigenvalue weighted by atomic mass is 16.5. The van der Waals surface area contributed by atoms with Crippen LogP contribution in [0.5, 0.6) is 11.5 Å². The van der Waals surface area contributed by atoms with E-state index in [9.17, 15) is 4.79 Å². The summed E-state index contributed by atoms with van der Waals surface area (Å²) in [4.78, 5) is 17.2. The number of hydrogen-bond donors (Lipinski definition) is 2. The number of nitrogens with one attached hydrogen (secondary N) is 2. The van der Waals surface area contributed by atoms with Crippen LogP contribution in [-0.2, 0) is 0 Å². The van der Waals surface area contributed by atoms with E-state index in [-0.39, 0.29) is 18.1 Å². The molecule has 1 amide bonds. The summed E-state index contributed by atoms with van der Waals surface area (Å²) in [6.07, 6.45) is 1.23. The summed E-state index contributed by atoms with van der Waals surface area (Å²) in [5, 5.41) is 0. The molecule has 154 valence electrons. The first-order valence-corrected chi connectivity index (χ1v) is 10.0. The average molecular weight is 396 g/mol. The molecule has 0 bridgehead atoms. The smallest absolute Gasteiger partial charge is 0.257 e. The van der Waals surface area contributed by atoms with E-state index in [1.165, 1.54) is 5.56 Å². The number of hydrazine groups is 1. The van der Waals surface area contributed by atoms with Gasteiger partial charge in [-0.25, -0.2) is 10.9 Å². The van der Waals surface area contributed by atoms with Crippen molar-refractivity contribution < 1.29 is 14.3 Å². The minimum atomic E-state index is 0.0377. The van der Waals surface area contributed by atoms with Crippen molar-refractivity contribution in [1.29, 1.82) is 0 Å². The molecule has 2 aliphatic rings. The molecule has 2 heterocycles. The monoisotopic (exact) mass is 396 g/mol. The van der Waals surface area contributed by atoms with Gasteiger partial charge in [0.1, 0.15) is 11.5 Å². The maximum Gasteiger partial charge on any atom is 0.257 e. The quantitative estimate of drug-likeness (QED) is 0.806. The summed E-state index contributed by atoms with van der Waals surface area (Å²) in [5.41, 5.74) is 8.69. The van der Waals surface area contributed by atoms with Gasteiger partial charge in [-0.05, 0) is 36.2 Å². The predicted octanol–water partition coefficient (Wildman–Crippen LogP) is 2.03. The molecule has 2 aromatic carbocycles. The number of nitrogens with zero attached hydrogens (tertiary/aromatic N) is 2. The van der Waals surface area contributed by atoms with Crippen molar-refractivity contribution in [3.05, 3.63) is 59.7 Å². The lowest BCUT2D eigenvalue weighted by Crippen LogP contribution is -2.55. The molecule has 2 atom stereocenters. The maximum atomic E-state index is 12.9. The van der Waals surface area contributed by atoms with Gasteiger partial charge in [0.25, 0.3) is 5.91 Å². The van der Waals surface area contributed by atoms with Gasteiger partial charge in [-0.3, -0.25) is 9.69 Å². The van der Waals surface area contributed by atoms with Crippen LogP contribution < -0.4 is 20.3 Å². The molecular weight excluding hydrogens is 368 g/mol. The number of hydrogen-bond acceptors (Lipinski definition) is 6. The fraction of sp³-hybridized carbons (Fsp3) is 0.409. The highest BCUT2D eigenvalue weighted by molar-refractivity contribution is 5.97. The first kappa shape index (κ1) is 19.7. The molecule has 2 saturated heterocycles. The fourth-order valence-corrected chi connectivity index (χ4v) is 4.06. The molecule has 7 nitrogen and oxygen atoms in total. The van der Waals surface area contributed by atoms with Crippen molar-refractivity contribution >= 4 is 5.91 Å². The number of amides is 1. The number of carbonyl (C=O) groups is 1. The van der Waals surface area contributed by atoms with Crippen LogP contribution in [0.3, 0.4) is 0 Å². The Balaban J connectivity index is 1.32. The molecule has 0 saturated carbocycles. The van der Waals surface area contributed by atoms with Crippen molar-refractivity contribution in [2.45, 2.75) is 18.6 Å².